The molecule has 0 radical (unpaired) electrons. The largest absolute Gasteiger partial charge is 0.350 e. The van der Waals surface area contributed by atoms with E-state index in [0.29, 0.717) is 17.2 Å². The first-order chi connectivity index (χ1) is 14.0. The predicted molar refractivity (Wildman–Crippen MR) is 116 cm³/mol. The monoisotopic (exact) mass is 412 g/mol. The van der Waals surface area contributed by atoms with E-state index in [1.807, 2.05) is 37.3 Å². The standard InChI is InChI=1S/C22H25ClN4O2/c1-4-26(5-2)19(16-8-6-7-9-18(16)23)13-25-21(28)17-12-24-20-11-10-15(3)14-27(20)22(17)29/h6-12,14,19H,4-5,13H2,1-3H3,(H,25,28)/t19-/m0/s1. The van der Waals surface area contributed by atoms with Crippen molar-refractivity contribution in [2.75, 3.05) is 19.6 Å². The Kier molecular flexibility index (Phi) is 6.67. The number of hydrogen-bond donors (Lipinski definition) is 1. The van der Waals surface area contributed by atoms with E-state index in [4.69, 9.17) is 11.6 Å². The number of benzene rings is 1. The molecule has 7 heteroatoms. The Hall–Kier alpha value is -2.70. The van der Waals surface area contributed by atoms with Crippen LogP contribution in [0, 0.1) is 6.92 Å². The summed E-state index contributed by atoms with van der Waals surface area (Å²) in [5, 5.41) is 3.56. The molecule has 1 N–H and O–H groups in total. The highest BCUT2D eigenvalue weighted by atomic mass is 35.5. The summed E-state index contributed by atoms with van der Waals surface area (Å²) in [7, 11) is 0. The minimum absolute atomic E-state index is 0.0190. The first-order valence-corrected chi connectivity index (χ1v) is 10.1. The molecule has 1 aromatic carbocycles. The molecular formula is C22H25ClN4O2. The van der Waals surface area contributed by atoms with Gasteiger partial charge >= 0.3 is 0 Å². The molecule has 0 bridgehead atoms. The van der Waals surface area contributed by atoms with Gasteiger partial charge in [-0.3, -0.25) is 18.9 Å². The molecule has 6 nitrogen and oxygen atoms in total. The second-order valence-electron chi connectivity index (χ2n) is 6.88. The van der Waals surface area contributed by atoms with Gasteiger partial charge in [-0.15, -0.1) is 0 Å². The number of amides is 1. The van der Waals surface area contributed by atoms with E-state index in [1.54, 1.807) is 12.3 Å². The highest BCUT2D eigenvalue weighted by Gasteiger charge is 2.22. The summed E-state index contributed by atoms with van der Waals surface area (Å²) in [4.78, 5) is 32.0. The third-order valence-electron chi connectivity index (χ3n) is 5.07. The van der Waals surface area contributed by atoms with Crippen molar-refractivity contribution in [1.29, 1.82) is 0 Å². The molecule has 0 saturated carbocycles. The number of aryl methyl sites for hydroxylation is 1. The summed E-state index contributed by atoms with van der Waals surface area (Å²) < 4.78 is 1.40. The van der Waals surface area contributed by atoms with Crippen molar-refractivity contribution < 1.29 is 4.79 Å². The molecule has 0 aliphatic heterocycles. The first-order valence-electron chi connectivity index (χ1n) is 9.71. The van der Waals surface area contributed by atoms with Gasteiger partial charge in [-0.1, -0.05) is 49.7 Å². The fourth-order valence-corrected chi connectivity index (χ4v) is 3.73. The minimum atomic E-state index is -0.442. The number of nitrogens with zero attached hydrogens (tertiary/aromatic N) is 3. The number of halogens is 1. The van der Waals surface area contributed by atoms with Crippen LogP contribution < -0.4 is 10.9 Å². The zero-order chi connectivity index (χ0) is 21.0. The Balaban J connectivity index is 1.87. The summed E-state index contributed by atoms with van der Waals surface area (Å²) >= 11 is 6.41. The van der Waals surface area contributed by atoms with E-state index in [2.05, 4.69) is 29.0 Å². The van der Waals surface area contributed by atoms with Crippen molar-refractivity contribution in [2.45, 2.75) is 26.8 Å². The number of likely N-dealkylation sites (N-methyl/N-ethyl adjacent to an activating group) is 1. The van der Waals surface area contributed by atoms with Gasteiger partial charge in [0.1, 0.15) is 11.2 Å². The average Bonchev–Trinajstić information content (AvgIpc) is 2.72. The number of hydrogen-bond acceptors (Lipinski definition) is 4. The van der Waals surface area contributed by atoms with Crippen molar-refractivity contribution in [3.05, 3.63) is 80.9 Å². The molecule has 2 heterocycles. The maximum atomic E-state index is 12.8. The van der Waals surface area contributed by atoms with Crippen molar-refractivity contribution in [3.63, 3.8) is 0 Å². The van der Waals surface area contributed by atoms with E-state index >= 15 is 0 Å². The quantitative estimate of drug-likeness (QED) is 0.645. The smallest absolute Gasteiger partial charge is 0.270 e. The van der Waals surface area contributed by atoms with Gasteiger partial charge in [-0.2, -0.15) is 0 Å². The van der Waals surface area contributed by atoms with Crippen LogP contribution in [0.3, 0.4) is 0 Å². The van der Waals surface area contributed by atoms with Gasteiger partial charge in [0.2, 0.25) is 0 Å². The van der Waals surface area contributed by atoms with Gasteiger partial charge in [0.05, 0.1) is 6.04 Å². The summed E-state index contributed by atoms with van der Waals surface area (Å²) in [6.07, 6.45) is 3.02. The molecule has 3 rings (SSSR count). The molecule has 152 valence electrons. The summed E-state index contributed by atoms with van der Waals surface area (Å²) in [6.45, 7) is 7.97. The normalized spacial score (nSPS) is 12.3. The number of carbonyl (C=O) groups excluding carboxylic acids is 1. The Bertz CT molecular complexity index is 1080. The van der Waals surface area contributed by atoms with Crippen molar-refractivity contribution in [3.8, 4) is 0 Å². The molecule has 2 aromatic heterocycles. The highest BCUT2D eigenvalue weighted by molar-refractivity contribution is 6.31. The van der Waals surface area contributed by atoms with Crippen molar-refractivity contribution in [1.82, 2.24) is 19.6 Å². The Morgan fingerprint density at radius 1 is 1.21 bits per heavy atom. The minimum Gasteiger partial charge on any atom is -0.350 e. The zero-order valence-electron chi connectivity index (χ0n) is 16.9. The Morgan fingerprint density at radius 3 is 2.62 bits per heavy atom. The summed E-state index contributed by atoms with van der Waals surface area (Å²) in [6, 6.07) is 11.2. The average molecular weight is 413 g/mol. The topological polar surface area (TPSA) is 66.7 Å². The number of pyridine rings is 1. The van der Waals surface area contributed by atoms with E-state index < -0.39 is 5.91 Å². The molecule has 3 aromatic rings. The van der Waals surface area contributed by atoms with Crippen molar-refractivity contribution >= 4 is 23.2 Å². The number of aromatic nitrogens is 2. The van der Waals surface area contributed by atoms with Gasteiger partial charge in [0, 0.05) is 24.0 Å². The molecule has 1 amide bonds. The van der Waals surface area contributed by atoms with E-state index in [9.17, 15) is 9.59 Å². The van der Waals surface area contributed by atoms with Gasteiger partial charge in [0.15, 0.2) is 0 Å². The van der Waals surface area contributed by atoms with Gasteiger partial charge in [-0.25, -0.2) is 4.98 Å². The van der Waals surface area contributed by atoms with Crippen LogP contribution in [0.5, 0.6) is 0 Å². The summed E-state index contributed by atoms with van der Waals surface area (Å²) in [5.41, 5.74) is 2.01. The Morgan fingerprint density at radius 2 is 1.93 bits per heavy atom. The molecule has 0 aliphatic carbocycles. The lowest BCUT2D eigenvalue weighted by atomic mass is 10.0. The lowest BCUT2D eigenvalue weighted by molar-refractivity contribution is 0.0933. The van der Waals surface area contributed by atoms with Crippen LogP contribution in [0.2, 0.25) is 5.02 Å². The second kappa shape index (κ2) is 9.20. The number of fused-ring (bicyclic) bond motifs is 1. The molecule has 0 saturated heterocycles. The molecule has 0 spiro atoms. The number of nitrogens with one attached hydrogen (secondary N) is 1. The van der Waals surface area contributed by atoms with E-state index in [0.717, 1.165) is 24.2 Å². The fraction of sp³-hybridized carbons (Fsp3) is 0.318. The maximum absolute atomic E-state index is 12.8. The van der Waals surface area contributed by atoms with Crippen LogP contribution in [0.25, 0.3) is 5.65 Å². The predicted octanol–water partition coefficient (Wildman–Crippen LogP) is 3.47. The van der Waals surface area contributed by atoms with Crippen LogP contribution in [0.4, 0.5) is 0 Å². The lowest BCUT2D eigenvalue weighted by Gasteiger charge is -2.30. The molecular weight excluding hydrogens is 388 g/mol. The van der Waals surface area contributed by atoms with Crippen LogP contribution in [0.15, 0.2) is 53.6 Å². The third-order valence-corrected chi connectivity index (χ3v) is 5.41. The van der Waals surface area contributed by atoms with Crippen LogP contribution in [-0.4, -0.2) is 39.8 Å². The van der Waals surface area contributed by atoms with Gasteiger partial charge < -0.3 is 5.32 Å². The number of rotatable bonds is 7. The Labute approximate surface area is 175 Å². The summed E-state index contributed by atoms with van der Waals surface area (Å²) in [5.74, 6) is -0.442. The third kappa shape index (κ3) is 4.49. The molecule has 0 aliphatic rings. The fourth-order valence-electron chi connectivity index (χ4n) is 3.47. The van der Waals surface area contributed by atoms with E-state index in [-0.39, 0.29) is 17.2 Å². The maximum Gasteiger partial charge on any atom is 0.270 e. The number of carbonyl (C=O) groups is 1. The molecule has 0 fully saturated rings. The molecule has 0 unspecified atom stereocenters. The van der Waals surface area contributed by atoms with Gasteiger partial charge in [-0.05, 0) is 43.3 Å². The van der Waals surface area contributed by atoms with Crippen LogP contribution in [-0.2, 0) is 0 Å². The zero-order valence-corrected chi connectivity index (χ0v) is 17.6. The molecule has 29 heavy (non-hydrogen) atoms. The SMILES string of the molecule is CCN(CC)[C@@H](CNC(=O)c1cnc2ccc(C)cn2c1=O)c1ccccc1Cl. The van der Waals surface area contributed by atoms with Gasteiger partial charge in [0.25, 0.3) is 11.5 Å². The van der Waals surface area contributed by atoms with Crippen LogP contribution >= 0.6 is 11.6 Å². The molecule has 1 atom stereocenters. The van der Waals surface area contributed by atoms with E-state index in [1.165, 1.54) is 10.6 Å². The first kappa shape index (κ1) is 21.0. The highest BCUT2D eigenvalue weighted by Crippen LogP contribution is 2.27. The van der Waals surface area contributed by atoms with Crippen molar-refractivity contribution in [2.24, 2.45) is 0 Å². The lowest BCUT2D eigenvalue weighted by Crippen LogP contribution is -2.40. The van der Waals surface area contributed by atoms with Crippen LogP contribution in [0.1, 0.15) is 41.4 Å². The second-order valence-corrected chi connectivity index (χ2v) is 7.29.